The Morgan fingerprint density at radius 1 is 1.60 bits per heavy atom. The van der Waals surface area contributed by atoms with Gasteiger partial charge in [-0.1, -0.05) is 18.1 Å². The number of aromatic nitrogens is 3. The Morgan fingerprint density at radius 2 is 2.33 bits per heavy atom. The zero-order valence-electron chi connectivity index (χ0n) is 8.52. The summed E-state index contributed by atoms with van der Waals surface area (Å²) in [6.07, 6.45) is 6.15. The normalized spacial score (nSPS) is 16.8. The van der Waals surface area contributed by atoms with Gasteiger partial charge in [0.25, 0.3) is 0 Å². The summed E-state index contributed by atoms with van der Waals surface area (Å²) in [4.78, 5) is 11.5. The van der Waals surface area contributed by atoms with Gasteiger partial charge >= 0.3 is 0 Å². The van der Waals surface area contributed by atoms with Crippen LogP contribution in [-0.4, -0.2) is 26.9 Å². The first-order chi connectivity index (χ1) is 7.24. The highest BCUT2D eigenvalue weighted by atomic mass is 16.2. The lowest BCUT2D eigenvalue weighted by Gasteiger charge is -2.11. The number of rotatable bonds is 3. The monoisotopic (exact) mass is 209 g/mol. The molecule has 0 unspecified atom stereocenters. The van der Waals surface area contributed by atoms with E-state index in [0.29, 0.717) is 11.9 Å². The Kier molecular flexibility index (Phi) is 2.84. The third-order valence-corrected chi connectivity index (χ3v) is 2.58. The van der Waals surface area contributed by atoms with Crippen molar-refractivity contribution in [3.63, 3.8) is 0 Å². The van der Waals surface area contributed by atoms with Gasteiger partial charge in [0.1, 0.15) is 6.54 Å². The molecule has 1 heterocycles. The van der Waals surface area contributed by atoms with Gasteiger partial charge in [0.2, 0.25) is 5.91 Å². The third-order valence-electron chi connectivity index (χ3n) is 2.58. The fraction of sp³-hybridized carbons (Fsp3) is 0.667. The van der Waals surface area contributed by atoms with Gasteiger partial charge in [0.05, 0.1) is 6.20 Å². The Labute approximate surface area is 87.8 Å². The predicted molar refractivity (Wildman–Crippen MR) is 54.8 cm³/mol. The summed E-state index contributed by atoms with van der Waals surface area (Å²) in [5, 5.41) is 10.3. The summed E-state index contributed by atoms with van der Waals surface area (Å²) < 4.78 is 1.44. The van der Waals surface area contributed by atoms with Crippen LogP contribution in [-0.2, 0) is 11.3 Å². The Balaban J connectivity index is 1.81. The fourth-order valence-electron chi connectivity index (χ4n) is 1.88. The molecule has 1 aliphatic rings. The van der Waals surface area contributed by atoms with Gasteiger partial charge in [-0.3, -0.25) is 4.79 Å². The van der Waals surface area contributed by atoms with E-state index < -0.39 is 0 Å². The van der Waals surface area contributed by atoms with Crippen LogP contribution in [0.1, 0.15) is 25.7 Å². The van der Waals surface area contributed by atoms with Gasteiger partial charge in [0, 0.05) is 6.04 Å². The summed E-state index contributed by atoms with van der Waals surface area (Å²) in [5.74, 6) is 0.315. The van der Waals surface area contributed by atoms with Gasteiger partial charge < -0.3 is 11.1 Å². The number of hydrogen-bond acceptors (Lipinski definition) is 4. The lowest BCUT2D eigenvalue weighted by Crippen LogP contribution is -2.35. The maximum atomic E-state index is 11.5. The molecule has 15 heavy (non-hydrogen) atoms. The highest BCUT2D eigenvalue weighted by Crippen LogP contribution is 2.17. The number of nitrogen functional groups attached to an aromatic ring is 1. The number of amides is 1. The van der Waals surface area contributed by atoms with Crippen LogP contribution < -0.4 is 11.1 Å². The average Bonchev–Trinajstić information content (AvgIpc) is 2.77. The van der Waals surface area contributed by atoms with Gasteiger partial charge in [-0.05, 0) is 12.8 Å². The molecule has 0 aromatic carbocycles. The van der Waals surface area contributed by atoms with E-state index in [1.54, 1.807) is 6.20 Å². The number of nitrogens with two attached hydrogens (primary N) is 1. The zero-order chi connectivity index (χ0) is 10.7. The van der Waals surface area contributed by atoms with E-state index in [1.807, 2.05) is 0 Å². The third kappa shape index (κ3) is 2.68. The molecule has 6 nitrogen and oxygen atoms in total. The molecule has 1 saturated carbocycles. The fourth-order valence-corrected chi connectivity index (χ4v) is 1.88. The highest BCUT2D eigenvalue weighted by molar-refractivity contribution is 5.76. The van der Waals surface area contributed by atoms with Crippen molar-refractivity contribution in [2.24, 2.45) is 0 Å². The van der Waals surface area contributed by atoms with Crippen LogP contribution >= 0.6 is 0 Å². The molecule has 0 bridgehead atoms. The maximum Gasteiger partial charge on any atom is 0.242 e. The molecule has 2 rings (SSSR count). The molecule has 0 radical (unpaired) electrons. The molecule has 6 heteroatoms. The standard InChI is InChI=1S/C9H15N5O/c10-8-5-14(13-12-8)6-9(15)11-7-3-1-2-4-7/h5,7H,1-4,6,10H2,(H,11,15). The second-order valence-electron chi connectivity index (χ2n) is 3.89. The minimum atomic E-state index is -0.0215. The van der Waals surface area contributed by atoms with E-state index in [4.69, 9.17) is 5.73 Å². The number of hydrogen-bond donors (Lipinski definition) is 2. The second kappa shape index (κ2) is 4.29. The van der Waals surface area contributed by atoms with Crippen molar-refractivity contribution in [2.45, 2.75) is 38.3 Å². The van der Waals surface area contributed by atoms with E-state index in [1.165, 1.54) is 17.5 Å². The SMILES string of the molecule is Nc1cn(CC(=O)NC2CCCC2)nn1. The highest BCUT2D eigenvalue weighted by Gasteiger charge is 2.17. The number of nitrogens with zero attached hydrogens (tertiary/aromatic N) is 3. The Morgan fingerprint density at radius 3 is 2.93 bits per heavy atom. The van der Waals surface area contributed by atoms with Crippen LogP contribution in [0.25, 0.3) is 0 Å². The minimum absolute atomic E-state index is 0.0215. The molecule has 0 aliphatic heterocycles. The van der Waals surface area contributed by atoms with Crippen molar-refractivity contribution in [1.82, 2.24) is 20.3 Å². The molecule has 1 aromatic rings. The summed E-state index contributed by atoms with van der Waals surface area (Å²) >= 11 is 0. The van der Waals surface area contributed by atoms with E-state index in [9.17, 15) is 4.79 Å². The van der Waals surface area contributed by atoms with Gasteiger partial charge in [-0.15, -0.1) is 5.10 Å². The lowest BCUT2D eigenvalue weighted by atomic mass is 10.2. The van der Waals surface area contributed by atoms with Crippen molar-refractivity contribution in [2.75, 3.05) is 5.73 Å². The number of nitrogens with one attached hydrogen (secondary N) is 1. The van der Waals surface area contributed by atoms with Crippen molar-refractivity contribution in [3.8, 4) is 0 Å². The average molecular weight is 209 g/mol. The van der Waals surface area contributed by atoms with Crippen LogP contribution in [0.3, 0.4) is 0 Å². The van der Waals surface area contributed by atoms with Gasteiger partial charge in [-0.2, -0.15) is 0 Å². The van der Waals surface area contributed by atoms with Crippen LogP contribution in [0.15, 0.2) is 6.20 Å². The molecule has 82 valence electrons. The Bertz CT molecular complexity index is 342. The second-order valence-corrected chi connectivity index (χ2v) is 3.89. The van der Waals surface area contributed by atoms with Crippen molar-refractivity contribution in [3.05, 3.63) is 6.20 Å². The molecule has 1 aliphatic carbocycles. The van der Waals surface area contributed by atoms with Crippen molar-refractivity contribution in [1.29, 1.82) is 0 Å². The summed E-state index contributed by atoms with van der Waals surface area (Å²) in [7, 11) is 0. The van der Waals surface area contributed by atoms with E-state index in [2.05, 4.69) is 15.6 Å². The number of anilines is 1. The first-order valence-corrected chi connectivity index (χ1v) is 5.19. The molecule has 0 spiro atoms. The molecule has 1 fully saturated rings. The largest absolute Gasteiger partial charge is 0.381 e. The van der Waals surface area contributed by atoms with E-state index in [-0.39, 0.29) is 12.5 Å². The van der Waals surface area contributed by atoms with Crippen molar-refractivity contribution < 1.29 is 4.79 Å². The predicted octanol–water partition coefficient (Wildman–Crippen LogP) is -0.0809. The molecule has 0 saturated heterocycles. The van der Waals surface area contributed by atoms with Gasteiger partial charge in [-0.25, -0.2) is 4.68 Å². The molecule has 0 atom stereocenters. The van der Waals surface area contributed by atoms with Crippen molar-refractivity contribution >= 4 is 11.7 Å². The van der Waals surface area contributed by atoms with E-state index >= 15 is 0 Å². The quantitative estimate of drug-likeness (QED) is 0.729. The van der Waals surface area contributed by atoms with Crippen LogP contribution in [0.4, 0.5) is 5.82 Å². The first-order valence-electron chi connectivity index (χ1n) is 5.19. The number of carbonyl (C=O) groups is 1. The maximum absolute atomic E-state index is 11.5. The summed E-state index contributed by atoms with van der Waals surface area (Å²) in [5.41, 5.74) is 5.39. The summed E-state index contributed by atoms with van der Waals surface area (Å²) in [6, 6.07) is 0.346. The molecule has 1 aromatic heterocycles. The molecular formula is C9H15N5O. The van der Waals surface area contributed by atoms with Crippen LogP contribution in [0, 0.1) is 0 Å². The number of carbonyl (C=O) groups excluding carboxylic acids is 1. The van der Waals surface area contributed by atoms with Crippen LogP contribution in [0.2, 0.25) is 0 Å². The van der Waals surface area contributed by atoms with Gasteiger partial charge in [0.15, 0.2) is 5.82 Å². The van der Waals surface area contributed by atoms with Crippen LogP contribution in [0.5, 0.6) is 0 Å². The van der Waals surface area contributed by atoms with E-state index in [0.717, 1.165) is 12.8 Å². The lowest BCUT2D eigenvalue weighted by molar-refractivity contribution is -0.122. The first kappa shape index (κ1) is 9.95. The zero-order valence-corrected chi connectivity index (χ0v) is 8.52. The summed E-state index contributed by atoms with van der Waals surface area (Å²) in [6.45, 7) is 0.195. The minimum Gasteiger partial charge on any atom is -0.381 e. The molecule has 1 amide bonds. The molecule has 3 N–H and O–H groups in total. The Hall–Kier alpha value is -1.59. The smallest absolute Gasteiger partial charge is 0.242 e. The molecular weight excluding hydrogens is 194 g/mol. The topological polar surface area (TPSA) is 85.8 Å².